The van der Waals surface area contributed by atoms with E-state index < -0.39 is 66.2 Å². The van der Waals surface area contributed by atoms with Gasteiger partial charge in [0, 0.05) is 0 Å². The van der Waals surface area contributed by atoms with E-state index in [-0.39, 0.29) is 6.42 Å². The van der Waals surface area contributed by atoms with E-state index in [0.717, 1.165) is 0 Å². The summed E-state index contributed by atoms with van der Waals surface area (Å²) in [6.07, 6.45) is 2.64. The normalized spacial score (nSPS) is 14.6. The number of amides is 3. The fraction of sp³-hybridized carbons (Fsp3) is 0.750. The summed E-state index contributed by atoms with van der Waals surface area (Å²) in [5, 5.41) is 25.7. The number of carboxylic acids is 2. The molecule has 0 rings (SSSR count). The van der Waals surface area contributed by atoms with Gasteiger partial charge in [0.15, 0.2) is 0 Å². The highest BCUT2D eigenvalue weighted by atomic mass is 32.2. The first-order valence-corrected chi connectivity index (χ1v) is 12.1. The zero-order valence-corrected chi connectivity index (χ0v) is 20.2. The molecule has 13 heteroatoms. The second-order valence-corrected chi connectivity index (χ2v) is 8.95. The van der Waals surface area contributed by atoms with Crippen molar-refractivity contribution in [3.05, 3.63) is 0 Å². The average Bonchev–Trinajstić information content (AvgIpc) is 2.73. The molecule has 190 valence electrons. The lowest BCUT2D eigenvalue weighted by Crippen LogP contribution is -2.58. The van der Waals surface area contributed by atoms with E-state index in [0.29, 0.717) is 31.6 Å². The van der Waals surface area contributed by atoms with Crippen LogP contribution in [0.1, 0.15) is 46.0 Å². The summed E-state index contributed by atoms with van der Waals surface area (Å²) in [4.78, 5) is 60.5. The van der Waals surface area contributed by atoms with Crippen LogP contribution in [0.25, 0.3) is 0 Å². The van der Waals surface area contributed by atoms with Crippen molar-refractivity contribution in [1.82, 2.24) is 16.0 Å². The van der Waals surface area contributed by atoms with Gasteiger partial charge in [0.25, 0.3) is 0 Å². The van der Waals surface area contributed by atoms with Gasteiger partial charge in [-0.2, -0.15) is 11.8 Å². The first kappa shape index (κ1) is 30.6. The van der Waals surface area contributed by atoms with Crippen molar-refractivity contribution in [2.24, 2.45) is 17.4 Å². The van der Waals surface area contributed by atoms with Crippen molar-refractivity contribution in [2.45, 2.75) is 70.1 Å². The van der Waals surface area contributed by atoms with Gasteiger partial charge < -0.3 is 37.6 Å². The van der Waals surface area contributed by atoms with Crippen LogP contribution in [0, 0.1) is 5.92 Å². The number of unbranched alkanes of at least 4 members (excludes halogenated alkanes) is 1. The van der Waals surface area contributed by atoms with E-state index in [2.05, 4.69) is 16.0 Å². The number of rotatable bonds is 17. The van der Waals surface area contributed by atoms with E-state index in [1.54, 1.807) is 13.8 Å². The Balaban J connectivity index is 5.47. The predicted octanol–water partition coefficient (Wildman–Crippen LogP) is -1.13. The Kier molecular flexibility index (Phi) is 15.1. The first-order chi connectivity index (χ1) is 15.4. The van der Waals surface area contributed by atoms with Gasteiger partial charge in [0.05, 0.1) is 12.5 Å². The van der Waals surface area contributed by atoms with Crippen molar-refractivity contribution >= 4 is 41.4 Å². The molecule has 0 aromatic carbocycles. The van der Waals surface area contributed by atoms with Crippen LogP contribution in [0.2, 0.25) is 0 Å². The lowest BCUT2D eigenvalue weighted by atomic mass is 10.0. The van der Waals surface area contributed by atoms with Gasteiger partial charge in [-0.3, -0.25) is 19.2 Å². The molecule has 0 radical (unpaired) electrons. The van der Waals surface area contributed by atoms with Gasteiger partial charge in [-0.05, 0) is 50.2 Å². The topological polar surface area (TPSA) is 214 Å². The molecule has 0 aromatic rings. The number of aliphatic carboxylic acids is 2. The maximum Gasteiger partial charge on any atom is 0.326 e. The highest BCUT2D eigenvalue weighted by Crippen LogP contribution is 2.07. The standard InChI is InChI=1S/C20H37N5O7S/c1-11(2)16(20(31)32)25-18(29)13(6-4-5-8-21)23-19(30)14(10-15(26)27)24-17(28)12(22)7-9-33-3/h11-14,16H,4-10,21-22H2,1-3H3,(H,23,30)(H,24,28)(H,25,29)(H,26,27)(H,31,32). The zero-order valence-electron chi connectivity index (χ0n) is 19.3. The Morgan fingerprint density at radius 2 is 1.45 bits per heavy atom. The van der Waals surface area contributed by atoms with E-state index in [9.17, 15) is 29.1 Å². The van der Waals surface area contributed by atoms with Gasteiger partial charge in [-0.15, -0.1) is 0 Å². The van der Waals surface area contributed by atoms with Gasteiger partial charge in [-0.1, -0.05) is 13.8 Å². The molecular weight excluding hydrogens is 454 g/mol. The smallest absolute Gasteiger partial charge is 0.326 e. The van der Waals surface area contributed by atoms with Gasteiger partial charge in [-0.25, -0.2) is 4.79 Å². The monoisotopic (exact) mass is 491 g/mol. The molecule has 0 aliphatic rings. The summed E-state index contributed by atoms with van der Waals surface area (Å²) >= 11 is 1.48. The number of hydrogen-bond acceptors (Lipinski definition) is 8. The molecule has 33 heavy (non-hydrogen) atoms. The number of nitrogens with two attached hydrogens (primary N) is 2. The number of thioether (sulfide) groups is 1. The Hall–Kier alpha value is -2.38. The third kappa shape index (κ3) is 12.4. The molecule has 0 saturated heterocycles. The number of carboxylic acid groups (broad SMARTS) is 2. The minimum Gasteiger partial charge on any atom is -0.481 e. The number of hydrogen-bond donors (Lipinski definition) is 7. The molecule has 0 saturated carbocycles. The molecule has 4 unspecified atom stereocenters. The van der Waals surface area contributed by atoms with Gasteiger partial charge in [0.2, 0.25) is 17.7 Å². The highest BCUT2D eigenvalue weighted by Gasteiger charge is 2.32. The molecule has 3 amide bonds. The summed E-state index contributed by atoms with van der Waals surface area (Å²) in [7, 11) is 0. The van der Waals surface area contributed by atoms with Crippen molar-refractivity contribution in [3.63, 3.8) is 0 Å². The van der Waals surface area contributed by atoms with Crippen molar-refractivity contribution in [1.29, 1.82) is 0 Å². The van der Waals surface area contributed by atoms with Crippen molar-refractivity contribution < 1.29 is 34.2 Å². The lowest BCUT2D eigenvalue weighted by Gasteiger charge is -2.25. The summed E-state index contributed by atoms with van der Waals surface area (Å²) < 4.78 is 0. The van der Waals surface area contributed by atoms with Crippen LogP contribution in [0.4, 0.5) is 0 Å². The van der Waals surface area contributed by atoms with Crippen LogP contribution >= 0.6 is 11.8 Å². The van der Waals surface area contributed by atoms with Crippen LogP contribution < -0.4 is 27.4 Å². The third-order valence-corrected chi connectivity index (χ3v) is 5.44. The molecule has 0 aromatic heterocycles. The minimum atomic E-state index is -1.46. The quantitative estimate of drug-likeness (QED) is 0.121. The molecular formula is C20H37N5O7S. The molecule has 4 atom stereocenters. The molecule has 0 aliphatic heterocycles. The maximum atomic E-state index is 12.8. The Bertz CT molecular complexity index is 677. The van der Waals surface area contributed by atoms with Crippen molar-refractivity contribution in [2.75, 3.05) is 18.6 Å². The largest absolute Gasteiger partial charge is 0.481 e. The first-order valence-electron chi connectivity index (χ1n) is 10.7. The molecule has 0 fully saturated rings. The Morgan fingerprint density at radius 1 is 0.879 bits per heavy atom. The van der Waals surface area contributed by atoms with Crippen LogP contribution in [0.15, 0.2) is 0 Å². The number of nitrogens with one attached hydrogen (secondary N) is 3. The maximum absolute atomic E-state index is 12.8. The molecule has 0 aliphatic carbocycles. The molecule has 0 heterocycles. The van der Waals surface area contributed by atoms with E-state index >= 15 is 0 Å². The molecule has 12 nitrogen and oxygen atoms in total. The van der Waals surface area contributed by atoms with Crippen LogP contribution in [-0.4, -0.2) is 82.6 Å². The Morgan fingerprint density at radius 3 is 1.94 bits per heavy atom. The second kappa shape index (κ2) is 16.3. The lowest BCUT2D eigenvalue weighted by molar-refractivity contribution is -0.144. The van der Waals surface area contributed by atoms with E-state index in [1.807, 2.05) is 6.26 Å². The van der Waals surface area contributed by atoms with E-state index in [1.165, 1.54) is 11.8 Å². The van der Waals surface area contributed by atoms with Crippen LogP contribution in [0.5, 0.6) is 0 Å². The average molecular weight is 492 g/mol. The fourth-order valence-corrected chi connectivity index (χ4v) is 3.33. The van der Waals surface area contributed by atoms with Crippen molar-refractivity contribution in [3.8, 4) is 0 Å². The summed E-state index contributed by atoms with van der Waals surface area (Å²) in [5.74, 6) is -4.64. The van der Waals surface area contributed by atoms with Crippen LogP contribution in [-0.2, 0) is 24.0 Å². The summed E-state index contributed by atoms with van der Waals surface area (Å²) in [6.45, 7) is 3.61. The third-order valence-electron chi connectivity index (χ3n) is 4.79. The Labute approximate surface area is 198 Å². The molecule has 0 spiro atoms. The highest BCUT2D eigenvalue weighted by molar-refractivity contribution is 7.98. The second-order valence-electron chi connectivity index (χ2n) is 7.96. The van der Waals surface area contributed by atoms with Gasteiger partial charge in [0.1, 0.15) is 18.1 Å². The molecule has 0 bridgehead atoms. The van der Waals surface area contributed by atoms with E-state index in [4.69, 9.17) is 16.6 Å². The fourth-order valence-electron chi connectivity index (χ4n) is 2.84. The number of carbonyl (C=O) groups is 5. The van der Waals surface area contributed by atoms with Gasteiger partial charge >= 0.3 is 11.9 Å². The summed E-state index contributed by atoms with van der Waals surface area (Å²) in [5.41, 5.74) is 11.3. The minimum absolute atomic E-state index is 0.153. The zero-order chi connectivity index (χ0) is 25.6. The predicted molar refractivity (Wildman–Crippen MR) is 124 cm³/mol. The summed E-state index contributed by atoms with van der Waals surface area (Å²) in [6, 6.07) is -4.69. The SMILES string of the molecule is CSCCC(N)C(=O)NC(CC(=O)O)C(=O)NC(CCCCN)C(=O)NC(C(=O)O)C(C)C. The molecule has 9 N–H and O–H groups in total. The van der Waals surface area contributed by atoms with Crippen LogP contribution in [0.3, 0.4) is 0 Å². The number of carbonyl (C=O) groups excluding carboxylic acids is 3.